The molecule has 0 spiro atoms. The Hall–Kier alpha value is -1.68. The van der Waals surface area contributed by atoms with Gasteiger partial charge in [-0.05, 0) is 60.4 Å². The Bertz CT molecular complexity index is 620. The molecule has 0 aliphatic rings. The van der Waals surface area contributed by atoms with Gasteiger partial charge in [-0.3, -0.25) is 0 Å². The van der Waals surface area contributed by atoms with Gasteiger partial charge in [0.25, 0.3) is 0 Å². The number of aryl methyl sites for hydroxylation is 2. The average molecular weight is 315 g/mol. The second-order valence-corrected chi connectivity index (χ2v) is 5.20. The van der Waals surface area contributed by atoms with Gasteiger partial charge in [-0.15, -0.1) is 11.6 Å². The van der Waals surface area contributed by atoms with Crippen molar-refractivity contribution >= 4 is 11.6 Å². The smallest absolute Gasteiger partial charge is 0.387 e. The van der Waals surface area contributed by atoms with Gasteiger partial charge in [-0.1, -0.05) is 12.1 Å². The van der Waals surface area contributed by atoms with Gasteiger partial charge in [0.2, 0.25) is 0 Å². The van der Waals surface area contributed by atoms with Crippen LogP contribution in [0.15, 0.2) is 36.4 Å². The van der Waals surface area contributed by atoms with Crippen LogP contribution in [-0.2, 0) is 0 Å². The summed E-state index contributed by atoms with van der Waals surface area (Å²) in [5, 5.41) is -0.563. The molecular formula is C16H14ClF3O. The first-order valence-corrected chi connectivity index (χ1v) is 6.77. The molecule has 0 radical (unpaired) electrons. The molecule has 21 heavy (non-hydrogen) atoms. The number of ether oxygens (including phenoxy) is 1. The molecular weight excluding hydrogens is 301 g/mol. The molecule has 5 heteroatoms. The normalized spacial score (nSPS) is 12.5. The lowest BCUT2D eigenvalue weighted by atomic mass is 9.95. The number of alkyl halides is 3. The van der Waals surface area contributed by atoms with Crippen molar-refractivity contribution in [1.82, 2.24) is 0 Å². The van der Waals surface area contributed by atoms with Crippen LogP contribution in [-0.4, -0.2) is 6.61 Å². The maximum atomic E-state index is 13.3. The fourth-order valence-electron chi connectivity index (χ4n) is 2.34. The summed E-state index contributed by atoms with van der Waals surface area (Å²) in [4.78, 5) is 0. The van der Waals surface area contributed by atoms with Crippen LogP contribution in [0.4, 0.5) is 13.2 Å². The van der Waals surface area contributed by atoms with E-state index >= 15 is 0 Å². The van der Waals surface area contributed by atoms with E-state index in [-0.39, 0.29) is 11.6 Å². The van der Waals surface area contributed by atoms with Gasteiger partial charge in [0.05, 0.1) is 5.38 Å². The highest BCUT2D eigenvalue weighted by Crippen LogP contribution is 2.35. The zero-order valence-corrected chi connectivity index (χ0v) is 12.3. The number of halogens is 4. The average Bonchev–Trinajstić information content (AvgIpc) is 2.36. The van der Waals surface area contributed by atoms with Crippen molar-refractivity contribution < 1.29 is 17.9 Å². The van der Waals surface area contributed by atoms with Crippen LogP contribution < -0.4 is 4.74 Å². The van der Waals surface area contributed by atoms with E-state index in [1.165, 1.54) is 24.3 Å². The molecule has 2 aromatic carbocycles. The third-order valence-corrected chi connectivity index (χ3v) is 3.66. The first-order chi connectivity index (χ1) is 9.88. The third-order valence-electron chi connectivity index (χ3n) is 3.19. The largest absolute Gasteiger partial charge is 0.435 e. The summed E-state index contributed by atoms with van der Waals surface area (Å²) in [7, 11) is 0. The van der Waals surface area contributed by atoms with E-state index in [1.54, 1.807) is 26.0 Å². The van der Waals surface area contributed by atoms with E-state index < -0.39 is 12.0 Å². The Morgan fingerprint density at radius 3 is 2.24 bits per heavy atom. The minimum Gasteiger partial charge on any atom is -0.435 e. The topological polar surface area (TPSA) is 9.23 Å². The van der Waals surface area contributed by atoms with Crippen molar-refractivity contribution in [3.63, 3.8) is 0 Å². The molecule has 0 bridgehead atoms. The van der Waals surface area contributed by atoms with Crippen molar-refractivity contribution in [3.8, 4) is 5.75 Å². The zero-order valence-electron chi connectivity index (χ0n) is 11.5. The van der Waals surface area contributed by atoms with Crippen molar-refractivity contribution in [2.45, 2.75) is 25.8 Å². The molecule has 0 heterocycles. The first kappa shape index (κ1) is 15.7. The Balaban J connectivity index is 2.38. The van der Waals surface area contributed by atoms with Crippen LogP contribution in [0.3, 0.4) is 0 Å². The van der Waals surface area contributed by atoms with Gasteiger partial charge >= 0.3 is 6.61 Å². The maximum absolute atomic E-state index is 13.3. The lowest BCUT2D eigenvalue weighted by Crippen LogP contribution is -2.04. The van der Waals surface area contributed by atoms with E-state index in [0.29, 0.717) is 16.7 Å². The van der Waals surface area contributed by atoms with E-state index in [9.17, 15) is 13.2 Å². The highest BCUT2D eigenvalue weighted by atomic mass is 35.5. The molecule has 1 atom stereocenters. The molecule has 0 aliphatic carbocycles. The van der Waals surface area contributed by atoms with E-state index in [4.69, 9.17) is 11.6 Å². The summed E-state index contributed by atoms with van der Waals surface area (Å²) in [6.07, 6.45) is 0. The molecule has 0 saturated carbocycles. The number of hydrogen-bond acceptors (Lipinski definition) is 1. The highest BCUT2D eigenvalue weighted by molar-refractivity contribution is 6.22. The van der Waals surface area contributed by atoms with Gasteiger partial charge in [0.15, 0.2) is 0 Å². The Morgan fingerprint density at radius 1 is 1.05 bits per heavy atom. The van der Waals surface area contributed by atoms with Crippen LogP contribution in [0.2, 0.25) is 0 Å². The van der Waals surface area contributed by atoms with Gasteiger partial charge in [0, 0.05) is 0 Å². The van der Waals surface area contributed by atoms with Crippen molar-refractivity contribution in [1.29, 1.82) is 0 Å². The highest BCUT2D eigenvalue weighted by Gasteiger charge is 2.17. The minimum absolute atomic E-state index is 0.0468. The Kier molecular flexibility index (Phi) is 4.78. The molecule has 0 aromatic heterocycles. The van der Waals surface area contributed by atoms with Gasteiger partial charge in [0.1, 0.15) is 11.6 Å². The predicted molar refractivity (Wildman–Crippen MR) is 76.6 cm³/mol. The molecule has 1 unspecified atom stereocenters. The summed E-state index contributed by atoms with van der Waals surface area (Å²) < 4.78 is 42.2. The number of hydrogen-bond donors (Lipinski definition) is 0. The summed E-state index contributed by atoms with van der Waals surface area (Å²) in [5.41, 5.74) is 2.82. The molecule has 1 nitrogen and oxygen atoms in total. The van der Waals surface area contributed by atoms with Gasteiger partial charge < -0.3 is 4.74 Å². The first-order valence-electron chi connectivity index (χ1n) is 6.34. The van der Waals surface area contributed by atoms with Crippen LogP contribution >= 0.6 is 11.6 Å². The molecule has 2 rings (SSSR count). The molecule has 0 saturated heterocycles. The SMILES string of the molecule is Cc1cc(F)cc(C)c1C(Cl)c1cccc(OC(F)F)c1. The quantitative estimate of drug-likeness (QED) is 0.689. The zero-order chi connectivity index (χ0) is 15.6. The van der Waals surface area contributed by atoms with Crippen LogP contribution in [0, 0.1) is 19.7 Å². The van der Waals surface area contributed by atoms with Crippen molar-refractivity contribution in [2.24, 2.45) is 0 Å². The molecule has 0 N–H and O–H groups in total. The molecule has 2 aromatic rings. The van der Waals surface area contributed by atoms with Gasteiger partial charge in [-0.25, -0.2) is 4.39 Å². The maximum Gasteiger partial charge on any atom is 0.387 e. The summed E-state index contributed by atoms with van der Waals surface area (Å²) >= 11 is 6.44. The summed E-state index contributed by atoms with van der Waals surface area (Å²) in [5.74, 6) is -0.280. The third kappa shape index (κ3) is 3.70. The molecule has 0 amide bonds. The second-order valence-electron chi connectivity index (χ2n) is 4.77. The predicted octanol–water partition coefficient (Wildman–Crippen LogP) is 5.37. The molecule has 0 fully saturated rings. The van der Waals surface area contributed by atoms with E-state index in [0.717, 1.165) is 5.56 Å². The number of rotatable bonds is 4. The Labute approximate surface area is 126 Å². The second kappa shape index (κ2) is 6.39. The van der Waals surface area contributed by atoms with Crippen LogP contribution in [0.5, 0.6) is 5.75 Å². The monoisotopic (exact) mass is 314 g/mol. The van der Waals surface area contributed by atoms with Crippen molar-refractivity contribution in [3.05, 3.63) is 64.5 Å². The lowest BCUT2D eigenvalue weighted by Gasteiger charge is -2.17. The molecule has 0 aliphatic heterocycles. The number of benzene rings is 2. The summed E-state index contributed by atoms with van der Waals surface area (Å²) in [6, 6.07) is 9.01. The van der Waals surface area contributed by atoms with Gasteiger partial charge in [-0.2, -0.15) is 8.78 Å². The Morgan fingerprint density at radius 2 is 1.67 bits per heavy atom. The van der Waals surface area contributed by atoms with Crippen LogP contribution in [0.25, 0.3) is 0 Å². The molecule has 112 valence electrons. The lowest BCUT2D eigenvalue weighted by molar-refractivity contribution is -0.0498. The van der Waals surface area contributed by atoms with Crippen LogP contribution in [0.1, 0.15) is 27.6 Å². The summed E-state index contributed by atoms with van der Waals surface area (Å²) in [6.45, 7) is 0.643. The fourth-order valence-corrected chi connectivity index (χ4v) is 2.82. The fraction of sp³-hybridized carbons (Fsp3) is 0.250. The van der Waals surface area contributed by atoms with Crippen molar-refractivity contribution in [2.75, 3.05) is 0 Å². The minimum atomic E-state index is -2.89. The van der Waals surface area contributed by atoms with E-state index in [1.807, 2.05) is 0 Å². The standard InChI is InChI=1S/C16H14ClF3O/c1-9-6-12(18)7-10(2)14(9)15(17)11-4-3-5-13(8-11)21-16(19)20/h3-8,15-16H,1-2H3. The van der Waals surface area contributed by atoms with E-state index in [2.05, 4.69) is 4.74 Å².